The van der Waals surface area contributed by atoms with Crippen LogP contribution >= 0.6 is 0 Å². The predicted molar refractivity (Wildman–Crippen MR) is 70.0 cm³/mol. The van der Waals surface area contributed by atoms with Crippen LogP contribution in [0.2, 0.25) is 0 Å². The van der Waals surface area contributed by atoms with E-state index in [1.165, 1.54) is 12.1 Å². The second-order valence-electron chi connectivity index (χ2n) is 4.27. The molecule has 3 amide bonds. The highest BCUT2D eigenvalue weighted by atomic mass is 16.2. The number of anilines is 1. The lowest BCUT2D eigenvalue weighted by Crippen LogP contribution is -2.28. The van der Waals surface area contributed by atoms with Crippen LogP contribution < -0.4 is 16.0 Å². The topological polar surface area (TPSA) is 87.3 Å². The van der Waals surface area contributed by atoms with Crippen molar-refractivity contribution in [1.82, 2.24) is 10.6 Å². The van der Waals surface area contributed by atoms with Gasteiger partial charge in [0.05, 0.1) is 17.7 Å². The van der Waals surface area contributed by atoms with Crippen LogP contribution in [0.4, 0.5) is 5.69 Å². The van der Waals surface area contributed by atoms with E-state index in [9.17, 15) is 14.4 Å². The van der Waals surface area contributed by atoms with Gasteiger partial charge in [-0.25, -0.2) is 0 Å². The Bertz CT molecular complexity index is 540. The average molecular weight is 261 g/mol. The van der Waals surface area contributed by atoms with Gasteiger partial charge in [-0.05, 0) is 31.2 Å². The second-order valence-corrected chi connectivity index (χ2v) is 4.27. The maximum Gasteiger partial charge on any atom is 0.259 e. The van der Waals surface area contributed by atoms with Crippen molar-refractivity contribution < 1.29 is 14.4 Å². The molecule has 100 valence electrons. The Hall–Kier alpha value is -2.21. The summed E-state index contributed by atoms with van der Waals surface area (Å²) in [5.41, 5.74) is 1.14. The first kappa shape index (κ1) is 13.2. The number of hydrogen-bond acceptors (Lipinski definition) is 4. The summed E-state index contributed by atoms with van der Waals surface area (Å²) in [7, 11) is 0. The fourth-order valence-electron chi connectivity index (χ4n) is 1.83. The van der Waals surface area contributed by atoms with Gasteiger partial charge in [0.15, 0.2) is 0 Å². The van der Waals surface area contributed by atoms with Crippen molar-refractivity contribution in [3.05, 3.63) is 29.3 Å². The molecule has 0 saturated heterocycles. The van der Waals surface area contributed by atoms with E-state index in [1.807, 2.05) is 6.92 Å². The summed E-state index contributed by atoms with van der Waals surface area (Å²) in [6, 6.07) is 4.65. The molecule has 0 unspecified atom stereocenters. The Kier molecular flexibility index (Phi) is 3.91. The third kappa shape index (κ3) is 2.97. The Labute approximate surface area is 110 Å². The number of benzene rings is 1. The van der Waals surface area contributed by atoms with E-state index in [4.69, 9.17) is 0 Å². The third-order valence-corrected chi connectivity index (χ3v) is 2.73. The lowest BCUT2D eigenvalue weighted by Gasteiger charge is -2.06. The molecule has 6 nitrogen and oxygen atoms in total. The SMILES string of the molecule is CCCNCC(=O)Nc1ccc2c(c1)C(=O)NC2=O. The summed E-state index contributed by atoms with van der Waals surface area (Å²) in [5.74, 6) is -1.01. The normalized spacial score (nSPS) is 13.1. The Morgan fingerprint density at radius 3 is 2.68 bits per heavy atom. The highest BCUT2D eigenvalue weighted by Crippen LogP contribution is 2.20. The molecule has 0 bridgehead atoms. The Morgan fingerprint density at radius 2 is 1.95 bits per heavy atom. The van der Waals surface area contributed by atoms with E-state index >= 15 is 0 Å². The highest BCUT2D eigenvalue weighted by molar-refractivity contribution is 6.22. The zero-order valence-corrected chi connectivity index (χ0v) is 10.6. The Balaban J connectivity index is 2.03. The van der Waals surface area contributed by atoms with E-state index < -0.39 is 11.8 Å². The largest absolute Gasteiger partial charge is 0.325 e. The number of nitrogens with one attached hydrogen (secondary N) is 3. The lowest BCUT2D eigenvalue weighted by molar-refractivity contribution is -0.115. The molecule has 0 aromatic heterocycles. The maximum absolute atomic E-state index is 11.6. The third-order valence-electron chi connectivity index (χ3n) is 2.73. The number of amides is 3. The zero-order chi connectivity index (χ0) is 13.8. The molecule has 1 heterocycles. The minimum atomic E-state index is -0.430. The van der Waals surface area contributed by atoms with Crippen molar-refractivity contribution in [1.29, 1.82) is 0 Å². The van der Waals surface area contributed by atoms with Gasteiger partial charge in [-0.2, -0.15) is 0 Å². The Morgan fingerprint density at radius 1 is 1.21 bits per heavy atom. The summed E-state index contributed by atoms with van der Waals surface area (Å²) in [6.07, 6.45) is 0.953. The van der Waals surface area contributed by atoms with Crippen molar-refractivity contribution in [2.75, 3.05) is 18.4 Å². The van der Waals surface area contributed by atoms with E-state index in [0.717, 1.165) is 13.0 Å². The van der Waals surface area contributed by atoms with Gasteiger partial charge in [-0.15, -0.1) is 0 Å². The first-order valence-corrected chi connectivity index (χ1v) is 6.12. The fourth-order valence-corrected chi connectivity index (χ4v) is 1.83. The van der Waals surface area contributed by atoms with E-state index in [0.29, 0.717) is 16.8 Å². The van der Waals surface area contributed by atoms with Gasteiger partial charge >= 0.3 is 0 Å². The molecular formula is C13H15N3O3. The number of rotatable bonds is 5. The van der Waals surface area contributed by atoms with E-state index in [-0.39, 0.29) is 12.5 Å². The second kappa shape index (κ2) is 5.62. The van der Waals surface area contributed by atoms with Crippen molar-refractivity contribution in [2.24, 2.45) is 0 Å². The van der Waals surface area contributed by atoms with Crippen molar-refractivity contribution in [3.63, 3.8) is 0 Å². The molecule has 0 fully saturated rings. The monoisotopic (exact) mass is 261 g/mol. The molecular weight excluding hydrogens is 246 g/mol. The smallest absolute Gasteiger partial charge is 0.259 e. The van der Waals surface area contributed by atoms with Gasteiger partial charge in [0.25, 0.3) is 11.8 Å². The molecule has 1 aromatic carbocycles. The molecule has 1 aromatic rings. The standard InChI is InChI=1S/C13H15N3O3/c1-2-5-14-7-11(17)15-8-3-4-9-10(6-8)13(19)16-12(9)18/h3-4,6,14H,2,5,7H2,1H3,(H,15,17)(H,16,18,19). The molecule has 0 spiro atoms. The summed E-state index contributed by atoms with van der Waals surface area (Å²) in [5, 5.41) is 7.85. The molecule has 0 aliphatic carbocycles. The first-order valence-electron chi connectivity index (χ1n) is 6.12. The van der Waals surface area contributed by atoms with E-state index in [2.05, 4.69) is 16.0 Å². The molecule has 19 heavy (non-hydrogen) atoms. The van der Waals surface area contributed by atoms with Crippen LogP contribution in [0.5, 0.6) is 0 Å². The van der Waals surface area contributed by atoms with Crippen molar-refractivity contribution in [3.8, 4) is 0 Å². The number of carbonyl (C=O) groups excluding carboxylic acids is 3. The van der Waals surface area contributed by atoms with Gasteiger partial charge in [-0.3, -0.25) is 19.7 Å². The first-order chi connectivity index (χ1) is 9.11. The lowest BCUT2D eigenvalue weighted by atomic mass is 10.1. The average Bonchev–Trinajstić information content (AvgIpc) is 2.65. The summed E-state index contributed by atoms with van der Waals surface area (Å²) in [4.78, 5) is 34.4. The van der Waals surface area contributed by atoms with E-state index in [1.54, 1.807) is 6.07 Å². The molecule has 6 heteroatoms. The van der Waals surface area contributed by atoms with Crippen molar-refractivity contribution >= 4 is 23.4 Å². The number of fused-ring (bicyclic) bond motifs is 1. The van der Waals surface area contributed by atoms with Crippen LogP contribution in [0.25, 0.3) is 0 Å². The summed E-state index contributed by atoms with van der Waals surface area (Å²) >= 11 is 0. The molecule has 1 aliphatic rings. The van der Waals surface area contributed by atoms with Gasteiger partial charge < -0.3 is 10.6 Å². The summed E-state index contributed by atoms with van der Waals surface area (Å²) in [6.45, 7) is 3.01. The molecule has 0 radical (unpaired) electrons. The highest BCUT2D eigenvalue weighted by Gasteiger charge is 2.26. The minimum Gasteiger partial charge on any atom is -0.325 e. The van der Waals surface area contributed by atoms with Gasteiger partial charge in [-0.1, -0.05) is 6.92 Å². The molecule has 1 aliphatic heterocycles. The molecule has 3 N–H and O–H groups in total. The molecule has 0 atom stereocenters. The number of carbonyl (C=O) groups is 3. The minimum absolute atomic E-state index is 0.182. The van der Waals surface area contributed by atoms with Crippen LogP contribution in [-0.4, -0.2) is 30.8 Å². The molecule has 0 saturated carbocycles. The van der Waals surface area contributed by atoms with Gasteiger partial charge in [0, 0.05) is 5.69 Å². The number of hydrogen-bond donors (Lipinski definition) is 3. The van der Waals surface area contributed by atoms with Crippen LogP contribution in [0, 0.1) is 0 Å². The van der Waals surface area contributed by atoms with Crippen LogP contribution in [0.1, 0.15) is 34.1 Å². The van der Waals surface area contributed by atoms with Crippen LogP contribution in [0.3, 0.4) is 0 Å². The van der Waals surface area contributed by atoms with Gasteiger partial charge in [0.2, 0.25) is 5.91 Å². The van der Waals surface area contributed by atoms with Crippen molar-refractivity contribution in [2.45, 2.75) is 13.3 Å². The quantitative estimate of drug-likeness (QED) is 0.532. The van der Waals surface area contributed by atoms with Crippen LogP contribution in [0.15, 0.2) is 18.2 Å². The van der Waals surface area contributed by atoms with Gasteiger partial charge in [0.1, 0.15) is 0 Å². The zero-order valence-electron chi connectivity index (χ0n) is 10.6. The maximum atomic E-state index is 11.6. The predicted octanol–water partition coefficient (Wildman–Crippen LogP) is 0.508. The summed E-state index contributed by atoms with van der Waals surface area (Å²) < 4.78 is 0. The molecule has 2 rings (SSSR count). The fraction of sp³-hybridized carbons (Fsp3) is 0.308. The number of imide groups is 1. The van der Waals surface area contributed by atoms with Crippen LogP contribution in [-0.2, 0) is 4.79 Å².